The summed E-state index contributed by atoms with van der Waals surface area (Å²) in [5, 5.41) is 72.6. The monoisotopic (exact) mass is 488 g/mol. The van der Waals surface area contributed by atoms with E-state index in [2.05, 4.69) is 0 Å². The third kappa shape index (κ3) is 5.23. The van der Waals surface area contributed by atoms with Gasteiger partial charge >= 0.3 is 0 Å². The molecule has 3 rings (SSSR count). The minimum atomic E-state index is -1.46. The van der Waals surface area contributed by atoms with E-state index in [0.717, 1.165) is 5.57 Å². The number of rotatable bonds is 7. The highest BCUT2D eigenvalue weighted by atomic mass is 16.7. The average Bonchev–Trinajstić information content (AvgIpc) is 2.72. The topological polar surface area (TPSA) is 160 Å². The molecule has 9 heteroatoms. The molecule has 0 aromatic heterocycles. The predicted octanol–water partition coefficient (Wildman–Crippen LogP) is 0.0761. The lowest BCUT2D eigenvalue weighted by Gasteiger charge is -2.65. The van der Waals surface area contributed by atoms with Crippen LogP contribution in [0.4, 0.5) is 0 Å². The van der Waals surface area contributed by atoms with Crippen molar-refractivity contribution >= 4 is 0 Å². The molecular weight excluding hydrogens is 444 g/mol. The summed E-state index contributed by atoms with van der Waals surface area (Å²) in [6, 6.07) is 0. The van der Waals surface area contributed by atoms with E-state index < -0.39 is 53.2 Å². The zero-order chi connectivity index (χ0) is 25.5. The summed E-state index contributed by atoms with van der Waals surface area (Å²) in [4.78, 5) is 0. The molecule has 0 aromatic rings. The number of fused-ring (bicyclic) bond motifs is 1. The van der Waals surface area contributed by atoms with Crippen LogP contribution >= 0.6 is 0 Å². The maximum Gasteiger partial charge on any atom is 0.186 e. The highest BCUT2D eigenvalue weighted by Gasteiger charge is 2.64. The van der Waals surface area contributed by atoms with Gasteiger partial charge in [-0.3, -0.25) is 0 Å². The SMILES string of the molecule is C/C(=C\CO)CCC1C(C)(O)CC(O[C@@H]2OC[C@H](O)[C@H](O)[C@H]2O)C2C(C)(CO)CC(O)CC12C. The largest absolute Gasteiger partial charge is 0.396 e. The Balaban J connectivity index is 1.97. The predicted molar refractivity (Wildman–Crippen MR) is 123 cm³/mol. The molecule has 1 heterocycles. The van der Waals surface area contributed by atoms with Crippen LogP contribution in [-0.2, 0) is 9.47 Å². The molecule has 0 aromatic carbocycles. The van der Waals surface area contributed by atoms with Gasteiger partial charge in [0, 0.05) is 13.0 Å². The second kappa shape index (κ2) is 10.4. The summed E-state index contributed by atoms with van der Waals surface area (Å²) in [5.74, 6) is -0.502. The Morgan fingerprint density at radius 3 is 2.32 bits per heavy atom. The Bertz CT molecular complexity index is 727. The van der Waals surface area contributed by atoms with E-state index in [-0.39, 0.29) is 38.1 Å². The maximum absolute atomic E-state index is 11.7. The molecule has 11 atom stereocenters. The highest BCUT2D eigenvalue weighted by Crippen LogP contribution is 2.63. The van der Waals surface area contributed by atoms with Crippen molar-refractivity contribution in [2.75, 3.05) is 19.8 Å². The third-order valence-corrected chi connectivity index (χ3v) is 8.76. The molecule has 2 saturated carbocycles. The highest BCUT2D eigenvalue weighted by molar-refractivity contribution is 5.14. The van der Waals surface area contributed by atoms with Gasteiger partial charge in [-0.1, -0.05) is 25.5 Å². The van der Waals surface area contributed by atoms with E-state index in [0.29, 0.717) is 25.7 Å². The fraction of sp³-hybridized carbons (Fsp3) is 0.920. The van der Waals surface area contributed by atoms with Crippen LogP contribution in [0.2, 0.25) is 0 Å². The molecule has 0 bridgehead atoms. The van der Waals surface area contributed by atoms with Crippen molar-refractivity contribution in [3.8, 4) is 0 Å². The van der Waals surface area contributed by atoms with Crippen LogP contribution in [0, 0.1) is 22.7 Å². The molecule has 0 radical (unpaired) electrons. The zero-order valence-electron chi connectivity index (χ0n) is 20.8. The Morgan fingerprint density at radius 1 is 1.03 bits per heavy atom. The van der Waals surface area contributed by atoms with Crippen LogP contribution in [0.15, 0.2) is 11.6 Å². The van der Waals surface area contributed by atoms with Crippen LogP contribution in [0.5, 0.6) is 0 Å². The minimum Gasteiger partial charge on any atom is -0.396 e. The molecule has 0 spiro atoms. The summed E-state index contributed by atoms with van der Waals surface area (Å²) in [7, 11) is 0. The number of aliphatic hydroxyl groups excluding tert-OH is 6. The Morgan fingerprint density at radius 2 is 1.71 bits per heavy atom. The van der Waals surface area contributed by atoms with Crippen LogP contribution in [-0.4, -0.2) is 98.0 Å². The molecule has 9 nitrogen and oxygen atoms in total. The quantitative estimate of drug-likeness (QED) is 0.246. The number of aliphatic hydroxyl groups is 7. The molecular formula is C25H44O9. The van der Waals surface area contributed by atoms with E-state index in [4.69, 9.17) is 9.47 Å². The van der Waals surface area contributed by atoms with Crippen LogP contribution in [0.1, 0.15) is 59.8 Å². The maximum atomic E-state index is 11.7. The van der Waals surface area contributed by atoms with Gasteiger partial charge in [0.1, 0.15) is 18.3 Å². The Kier molecular flexibility index (Phi) is 8.55. The van der Waals surface area contributed by atoms with Crippen LogP contribution in [0.3, 0.4) is 0 Å². The van der Waals surface area contributed by atoms with Crippen molar-refractivity contribution in [1.82, 2.24) is 0 Å². The van der Waals surface area contributed by atoms with Crippen molar-refractivity contribution in [2.24, 2.45) is 22.7 Å². The number of ether oxygens (including phenoxy) is 2. The van der Waals surface area contributed by atoms with Crippen LogP contribution < -0.4 is 0 Å². The van der Waals surface area contributed by atoms with Gasteiger partial charge in [0.2, 0.25) is 0 Å². The van der Waals surface area contributed by atoms with E-state index >= 15 is 0 Å². The van der Waals surface area contributed by atoms with Crippen molar-refractivity contribution in [3.63, 3.8) is 0 Å². The fourth-order valence-electron chi connectivity index (χ4n) is 7.41. The fourth-order valence-corrected chi connectivity index (χ4v) is 7.41. The minimum absolute atomic E-state index is 0.0474. The van der Waals surface area contributed by atoms with Crippen molar-refractivity contribution in [3.05, 3.63) is 11.6 Å². The standard InChI is InChI=1S/C25H44O9/c1-14(7-8-26)5-6-18-24(3)10-15(28)9-23(2,13-27)21(24)17(11-25(18,4)32)34-22-20(31)19(30)16(29)12-33-22/h7,15-22,26-32H,5-6,8-13H2,1-4H3/b14-7+/t15?,16-,17?,18?,19-,20+,21?,22-,23?,24?,25?/m0/s1. The first kappa shape index (κ1) is 28.0. The van der Waals surface area contributed by atoms with Gasteiger partial charge in [-0.25, -0.2) is 0 Å². The summed E-state index contributed by atoms with van der Waals surface area (Å²) in [5.41, 5.74) is -1.48. The lowest BCUT2D eigenvalue weighted by Crippen LogP contribution is -2.67. The van der Waals surface area contributed by atoms with Crippen molar-refractivity contribution < 1.29 is 45.2 Å². The second-order valence-corrected chi connectivity index (χ2v) is 11.7. The molecule has 3 fully saturated rings. The lowest BCUT2D eigenvalue weighted by atomic mass is 9.43. The van der Waals surface area contributed by atoms with Gasteiger partial charge in [0.15, 0.2) is 6.29 Å². The van der Waals surface area contributed by atoms with Gasteiger partial charge in [0.25, 0.3) is 0 Å². The van der Waals surface area contributed by atoms with E-state index in [1.165, 1.54) is 0 Å². The summed E-state index contributed by atoms with van der Waals surface area (Å²) in [6.07, 6.45) is -2.49. The van der Waals surface area contributed by atoms with Crippen molar-refractivity contribution in [2.45, 2.75) is 102 Å². The van der Waals surface area contributed by atoms with Gasteiger partial charge < -0.3 is 45.2 Å². The first-order chi connectivity index (χ1) is 15.8. The van der Waals surface area contributed by atoms with Gasteiger partial charge in [-0.15, -0.1) is 0 Å². The molecule has 198 valence electrons. The molecule has 1 saturated heterocycles. The lowest BCUT2D eigenvalue weighted by molar-refractivity contribution is -0.322. The summed E-state index contributed by atoms with van der Waals surface area (Å²) in [6.45, 7) is 7.22. The Labute approximate surface area is 202 Å². The van der Waals surface area contributed by atoms with Crippen LogP contribution in [0.25, 0.3) is 0 Å². The molecule has 2 aliphatic carbocycles. The van der Waals surface area contributed by atoms with E-state index in [9.17, 15) is 35.7 Å². The first-order valence-corrected chi connectivity index (χ1v) is 12.4. The molecule has 34 heavy (non-hydrogen) atoms. The normalized spacial score (nSPS) is 50.1. The molecule has 1 aliphatic heterocycles. The van der Waals surface area contributed by atoms with E-state index in [1.807, 2.05) is 20.8 Å². The summed E-state index contributed by atoms with van der Waals surface area (Å²) >= 11 is 0. The average molecular weight is 489 g/mol. The number of hydrogen-bond donors (Lipinski definition) is 7. The zero-order valence-corrected chi connectivity index (χ0v) is 20.8. The summed E-state index contributed by atoms with van der Waals surface area (Å²) < 4.78 is 11.7. The number of allylic oxidation sites excluding steroid dienone is 1. The van der Waals surface area contributed by atoms with Gasteiger partial charge in [-0.05, 0) is 62.2 Å². The third-order valence-electron chi connectivity index (χ3n) is 8.76. The molecule has 7 unspecified atom stereocenters. The van der Waals surface area contributed by atoms with Gasteiger partial charge in [-0.2, -0.15) is 0 Å². The second-order valence-electron chi connectivity index (χ2n) is 11.7. The van der Waals surface area contributed by atoms with Gasteiger partial charge in [0.05, 0.1) is 31.0 Å². The number of hydrogen-bond acceptors (Lipinski definition) is 9. The molecule has 0 amide bonds. The van der Waals surface area contributed by atoms with Crippen molar-refractivity contribution in [1.29, 1.82) is 0 Å². The molecule has 7 N–H and O–H groups in total. The molecule has 3 aliphatic rings. The smallest absolute Gasteiger partial charge is 0.186 e. The Hall–Kier alpha value is -0.620. The van der Waals surface area contributed by atoms with E-state index in [1.54, 1.807) is 13.0 Å². The first-order valence-electron chi connectivity index (χ1n) is 12.4.